The standard InChI is InChI=1S/C20H29N3O2/c1-15-8-10-16(11-9-15)19(21(2)3)20(25)22-12-13-23(18(24)14-22)17-6-4-5-7-17/h8-11,17,19H,4-7,12-14H2,1-3H3/t19-/m1/s1. The number of rotatable bonds is 4. The Kier molecular flexibility index (Phi) is 5.42. The third-order valence-electron chi connectivity index (χ3n) is 5.48. The molecule has 136 valence electrons. The fourth-order valence-electron chi connectivity index (χ4n) is 4.06. The molecule has 5 nitrogen and oxygen atoms in total. The molecular weight excluding hydrogens is 314 g/mol. The fraction of sp³-hybridized carbons (Fsp3) is 0.600. The van der Waals surface area contributed by atoms with Crippen molar-refractivity contribution in [2.75, 3.05) is 33.7 Å². The van der Waals surface area contributed by atoms with Gasteiger partial charge >= 0.3 is 0 Å². The minimum atomic E-state index is -0.341. The molecule has 2 fully saturated rings. The third kappa shape index (κ3) is 3.87. The van der Waals surface area contributed by atoms with Gasteiger partial charge in [0.2, 0.25) is 11.8 Å². The molecule has 1 atom stereocenters. The van der Waals surface area contributed by atoms with Gasteiger partial charge in [0.05, 0.1) is 6.54 Å². The minimum Gasteiger partial charge on any atom is -0.336 e. The Labute approximate surface area is 150 Å². The molecule has 0 N–H and O–H groups in total. The lowest BCUT2D eigenvalue weighted by molar-refractivity contribution is -0.149. The number of hydrogen-bond acceptors (Lipinski definition) is 3. The van der Waals surface area contributed by atoms with Gasteiger partial charge < -0.3 is 9.80 Å². The number of hydrogen-bond donors (Lipinski definition) is 0. The van der Waals surface area contributed by atoms with Crippen LogP contribution in [-0.4, -0.2) is 66.3 Å². The SMILES string of the molecule is Cc1ccc([C@H](C(=O)N2CCN(C3CCCC3)C(=O)C2)N(C)C)cc1. The lowest BCUT2D eigenvalue weighted by atomic mass is 10.0. The summed E-state index contributed by atoms with van der Waals surface area (Å²) in [5.41, 5.74) is 2.15. The highest BCUT2D eigenvalue weighted by molar-refractivity contribution is 5.89. The molecule has 1 aromatic rings. The number of carbonyl (C=O) groups is 2. The molecule has 0 radical (unpaired) electrons. The van der Waals surface area contributed by atoms with E-state index in [1.807, 2.05) is 55.1 Å². The summed E-state index contributed by atoms with van der Waals surface area (Å²) in [4.78, 5) is 31.4. The van der Waals surface area contributed by atoms with Crippen LogP contribution in [0.4, 0.5) is 0 Å². The second kappa shape index (κ2) is 7.56. The molecule has 3 rings (SSSR count). The van der Waals surface area contributed by atoms with Gasteiger partial charge in [-0.25, -0.2) is 0 Å². The predicted octanol–water partition coefficient (Wildman–Crippen LogP) is 2.21. The predicted molar refractivity (Wildman–Crippen MR) is 98.2 cm³/mol. The van der Waals surface area contributed by atoms with E-state index >= 15 is 0 Å². The third-order valence-corrected chi connectivity index (χ3v) is 5.48. The van der Waals surface area contributed by atoms with Crippen LogP contribution in [0.1, 0.15) is 42.9 Å². The van der Waals surface area contributed by atoms with E-state index in [1.54, 1.807) is 4.90 Å². The van der Waals surface area contributed by atoms with Crippen LogP contribution in [0.3, 0.4) is 0 Å². The first-order valence-electron chi connectivity index (χ1n) is 9.28. The van der Waals surface area contributed by atoms with Gasteiger partial charge in [0.15, 0.2) is 0 Å². The Balaban J connectivity index is 1.70. The summed E-state index contributed by atoms with van der Waals surface area (Å²) in [5.74, 6) is 0.126. The maximum absolute atomic E-state index is 13.1. The van der Waals surface area contributed by atoms with Gasteiger partial charge in [0.25, 0.3) is 0 Å². The van der Waals surface area contributed by atoms with Crippen LogP contribution in [0.2, 0.25) is 0 Å². The van der Waals surface area contributed by atoms with E-state index < -0.39 is 0 Å². The molecule has 0 aromatic heterocycles. The first kappa shape index (κ1) is 17.9. The number of likely N-dealkylation sites (N-methyl/N-ethyl adjacent to an activating group) is 1. The van der Waals surface area contributed by atoms with Crippen molar-refractivity contribution < 1.29 is 9.59 Å². The monoisotopic (exact) mass is 343 g/mol. The van der Waals surface area contributed by atoms with E-state index in [-0.39, 0.29) is 24.4 Å². The summed E-state index contributed by atoms with van der Waals surface area (Å²) in [7, 11) is 3.83. The molecule has 0 unspecified atom stereocenters. The smallest absolute Gasteiger partial charge is 0.245 e. The molecule has 2 amide bonds. The summed E-state index contributed by atoms with van der Waals surface area (Å²) in [6.45, 7) is 3.56. The molecule has 1 saturated heterocycles. The second-order valence-corrected chi connectivity index (χ2v) is 7.56. The Hall–Kier alpha value is -1.88. The largest absolute Gasteiger partial charge is 0.336 e. The van der Waals surface area contributed by atoms with E-state index in [0.717, 1.165) is 18.4 Å². The fourth-order valence-corrected chi connectivity index (χ4v) is 4.06. The first-order chi connectivity index (χ1) is 12.0. The topological polar surface area (TPSA) is 43.9 Å². The van der Waals surface area contributed by atoms with E-state index in [1.165, 1.54) is 18.4 Å². The van der Waals surface area contributed by atoms with Gasteiger partial charge in [-0.2, -0.15) is 0 Å². The number of carbonyl (C=O) groups excluding carboxylic acids is 2. The molecule has 25 heavy (non-hydrogen) atoms. The first-order valence-corrected chi connectivity index (χ1v) is 9.28. The molecule has 5 heteroatoms. The quantitative estimate of drug-likeness (QED) is 0.842. The van der Waals surface area contributed by atoms with Crippen molar-refractivity contribution in [2.24, 2.45) is 0 Å². The number of amides is 2. The lowest BCUT2D eigenvalue weighted by Crippen LogP contribution is -2.56. The minimum absolute atomic E-state index is 0.0216. The van der Waals surface area contributed by atoms with Crippen molar-refractivity contribution in [1.82, 2.24) is 14.7 Å². The van der Waals surface area contributed by atoms with Crippen LogP contribution in [0.5, 0.6) is 0 Å². The number of benzene rings is 1. The van der Waals surface area contributed by atoms with Crippen LogP contribution in [0.15, 0.2) is 24.3 Å². The molecule has 1 aromatic carbocycles. The molecule has 2 aliphatic rings. The zero-order valence-electron chi connectivity index (χ0n) is 15.6. The second-order valence-electron chi connectivity index (χ2n) is 7.56. The highest BCUT2D eigenvalue weighted by atomic mass is 16.2. The van der Waals surface area contributed by atoms with Gasteiger partial charge in [-0.1, -0.05) is 42.7 Å². The lowest BCUT2D eigenvalue weighted by Gasteiger charge is -2.39. The van der Waals surface area contributed by atoms with Gasteiger partial charge in [0, 0.05) is 19.1 Å². The van der Waals surface area contributed by atoms with E-state index in [0.29, 0.717) is 19.1 Å². The molecule has 1 aliphatic heterocycles. The maximum atomic E-state index is 13.1. The van der Waals surface area contributed by atoms with Crippen LogP contribution in [0, 0.1) is 6.92 Å². The molecule has 1 heterocycles. The molecule has 0 spiro atoms. The Morgan fingerprint density at radius 3 is 2.32 bits per heavy atom. The molecule has 1 saturated carbocycles. The van der Waals surface area contributed by atoms with Crippen molar-refractivity contribution >= 4 is 11.8 Å². The van der Waals surface area contributed by atoms with Crippen LogP contribution in [-0.2, 0) is 9.59 Å². The average molecular weight is 343 g/mol. The van der Waals surface area contributed by atoms with Crippen LogP contribution in [0.25, 0.3) is 0 Å². The van der Waals surface area contributed by atoms with E-state index in [2.05, 4.69) is 0 Å². The Morgan fingerprint density at radius 1 is 1.12 bits per heavy atom. The Bertz CT molecular complexity index is 620. The Morgan fingerprint density at radius 2 is 1.76 bits per heavy atom. The van der Waals surface area contributed by atoms with Crippen molar-refractivity contribution in [3.8, 4) is 0 Å². The summed E-state index contributed by atoms with van der Waals surface area (Å²) in [6.07, 6.45) is 4.66. The number of nitrogens with zero attached hydrogens (tertiary/aromatic N) is 3. The van der Waals surface area contributed by atoms with Gasteiger partial charge in [0.1, 0.15) is 6.04 Å². The van der Waals surface area contributed by atoms with Gasteiger partial charge in [-0.05, 0) is 39.4 Å². The van der Waals surface area contributed by atoms with Crippen molar-refractivity contribution in [2.45, 2.75) is 44.7 Å². The molecule has 1 aliphatic carbocycles. The summed E-state index contributed by atoms with van der Waals surface area (Å²) in [6, 6.07) is 8.13. The molecular formula is C20H29N3O2. The number of piperazine rings is 1. The van der Waals surface area contributed by atoms with E-state index in [4.69, 9.17) is 0 Å². The van der Waals surface area contributed by atoms with Crippen molar-refractivity contribution in [1.29, 1.82) is 0 Å². The highest BCUT2D eigenvalue weighted by Crippen LogP contribution is 2.26. The summed E-state index contributed by atoms with van der Waals surface area (Å²) >= 11 is 0. The highest BCUT2D eigenvalue weighted by Gasteiger charge is 2.36. The van der Waals surface area contributed by atoms with Crippen LogP contribution >= 0.6 is 0 Å². The van der Waals surface area contributed by atoms with Gasteiger partial charge in [-0.3, -0.25) is 14.5 Å². The van der Waals surface area contributed by atoms with E-state index in [9.17, 15) is 9.59 Å². The maximum Gasteiger partial charge on any atom is 0.245 e. The molecule has 0 bridgehead atoms. The number of aryl methyl sites for hydroxylation is 1. The van der Waals surface area contributed by atoms with Gasteiger partial charge in [-0.15, -0.1) is 0 Å². The normalized spacial score (nSPS) is 20.4. The summed E-state index contributed by atoms with van der Waals surface area (Å²) < 4.78 is 0. The van der Waals surface area contributed by atoms with Crippen molar-refractivity contribution in [3.63, 3.8) is 0 Å². The zero-order valence-corrected chi connectivity index (χ0v) is 15.6. The summed E-state index contributed by atoms with van der Waals surface area (Å²) in [5, 5.41) is 0. The van der Waals surface area contributed by atoms with Crippen LogP contribution < -0.4 is 0 Å². The van der Waals surface area contributed by atoms with Crippen molar-refractivity contribution in [3.05, 3.63) is 35.4 Å². The zero-order chi connectivity index (χ0) is 18.0. The average Bonchev–Trinajstić information content (AvgIpc) is 3.10.